The number of fused-ring (bicyclic) bond motifs is 3. The molecule has 0 saturated heterocycles. The Kier molecular flexibility index (Phi) is 4.14. The van der Waals surface area contributed by atoms with Crippen LogP contribution in [0.2, 0.25) is 0 Å². The summed E-state index contributed by atoms with van der Waals surface area (Å²) in [6.45, 7) is 0. The van der Waals surface area contributed by atoms with Crippen molar-refractivity contribution in [2.75, 3.05) is 11.6 Å². The number of rotatable bonds is 3. The van der Waals surface area contributed by atoms with Crippen molar-refractivity contribution in [3.05, 3.63) is 65.7 Å². The Balaban J connectivity index is 1.75. The van der Waals surface area contributed by atoms with E-state index < -0.39 is 10.0 Å². The van der Waals surface area contributed by atoms with Crippen LogP contribution in [-0.4, -0.2) is 14.7 Å². The van der Waals surface area contributed by atoms with Crippen molar-refractivity contribution in [3.63, 3.8) is 0 Å². The Hall–Kier alpha value is -1.76. The maximum absolute atomic E-state index is 11.7. The SMILES string of the molecule is CSc1ccc(C2Nc3ccc(S(N)(=O)=O)cc3C3C=CCC32)cc1. The van der Waals surface area contributed by atoms with Crippen LogP contribution in [0.15, 0.2) is 64.4 Å². The molecule has 130 valence electrons. The highest BCUT2D eigenvalue weighted by Gasteiger charge is 2.38. The van der Waals surface area contributed by atoms with Crippen LogP contribution in [0.3, 0.4) is 0 Å². The van der Waals surface area contributed by atoms with Crippen molar-refractivity contribution < 1.29 is 8.42 Å². The predicted octanol–water partition coefficient (Wildman–Crippen LogP) is 3.88. The molecule has 0 spiro atoms. The van der Waals surface area contributed by atoms with Crippen LogP contribution in [0.4, 0.5) is 5.69 Å². The average molecular weight is 373 g/mol. The molecule has 1 aliphatic carbocycles. The molecule has 2 aliphatic rings. The van der Waals surface area contributed by atoms with Crippen LogP contribution in [0.1, 0.15) is 29.5 Å². The summed E-state index contributed by atoms with van der Waals surface area (Å²) in [5, 5.41) is 8.92. The van der Waals surface area contributed by atoms with E-state index >= 15 is 0 Å². The molecule has 1 heterocycles. The minimum atomic E-state index is -3.69. The molecule has 1 aliphatic heterocycles. The molecule has 0 saturated carbocycles. The molecule has 3 N–H and O–H groups in total. The molecule has 2 aromatic rings. The topological polar surface area (TPSA) is 72.2 Å². The van der Waals surface area contributed by atoms with Gasteiger partial charge in [0.1, 0.15) is 0 Å². The van der Waals surface area contributed by atoms with Gasteiger partial charge in [-0.1, -0.05) is 24.3 Å². The molecule has 4 rings (SSSR count). The van der Waals surface area contributed by atoms with Gasteiger partial charge in [-0.05, 0) is 60.1 Å². The third-order valence-electron chi connectivity index (χ3n) is 5.14. The van der Waals surface area contributed by atoms with Gasteiger partial charge in [0, 0.05) is 16.5 Å². The number of hydrogen-bond acceptors (Lipinski definition) is 4. The molecule has 3 atom stereocenters. The van der Waals surface area contributed by atoms with E-state index in [0.29, 0.717) is 5.92 Å². The first-order valence-corrected chi connectivity index (χ1v) is 11.0. The first kappa shape index (κ1) is 16.7. The Morgan fingerprint density at radius 3 is 2.60 bits per heavy atom. The second-order valence-corrected chi connectivity index (χ2v) is 8.98. The fraction of sp³-hybridized carbons (Fsp3) is 0.263. The van der Waals surface area contributed by atoms with E-state index in [2.05, 4.69) is 48.0 Å². The zero-order valence-corrected chi connectivity index (χ0v) is 15.5. The molecule has 0 radical (unpaired) electrons. The van der Waals surface area contributed by atoms with Gasteiger partial charge >= 0.3 is 0 Å². The van der Waals surface area contributed by atoms with Crippen LogP contribution >= 0.6 is 11.8 Å². The third-order valence-corrected chi connectivity index (χ3v) is 6.79. The first-order chi connectivity index (χ1) is 12.0. The quantitative estimate of drug-likeness (QED) is 0.633. The van der Waals surface area contributed by atoms with E-state index in [1.54, 1.807) is 23.9 Å². The van der Waals surface area contributed by atoms with Gasteiger partial charge in [0.15, 0.2) is 0 Å². The molecular weight excluding hydrogens is 352 g/mol. The average Bonchev–Trinajstić information content (AvgIpc) is 3.10. The van der Waals surface area contributed by atoms with Gasteiger partial charge in [-0.15, -0.1) is 11.8 Å². The number of thioether (sulfide) groups is 1. The first-order valence-electron chi connectivity index (χ1n) is 8.21. The van der Waals surface area contributed by atoms with Crippen LogP contribution in [0.25, 0.3) is 0 Å². The van der Waals surface area contributed by atoms with Crippen LogP contribution in [0.5, 0.6) is 0 Å². The molecule has 25 heavy (non-hydrogen) atoms. The maximum atomic E-state index is 11.7. The number of benzene rings is 2. The monoisotopic (exact) mass is 372 g/mol. The smallest absolute Gasteiger partial charge is 0.238 e. The molecular formula is C19H20N2O2S2. The lowest BCUT2D eigenvalue weighted by Gasteiger charge is -2.37. The predicted molar refractivity (Wildman–Crippen MR) is 102 cm³/mol. The van der Waals surface area contributed by atoms with Gasteiger partial charge < -0.3 is 5.32 Å². The van der Waals surface area contributed by atoms with E-state index in [1.165, 1.54) is 10.5 Å². The zero-order valence-electron chi connectivity index (χ0n) is 13.8. The van der Waals surface area contributed by atoms with E-state index in [4.69, 9.17) is 5.14 Å². The van der Waals surface area contributed by atoms with Crippen molar-refractivity contribution in [1.29, 1.82) is 0 Å². The molecule has 0 fully saturated rings. The second-order valence-electron chi connectivity index (χ2n) is 6.54. The highest BCUT2D eigenvalue weighted by atomic mass is 32.2. The molecule has 0 aromatic heterocycles. The van der Waals surface area contributed by atoms with E-state index in [-0.39, 0.29) is 16.9 Å². The summed E-state index contributed by atoms with van der Waals surface area (Å²) in [6.07, 6.45) is 7.44. The van der Waals surface area contributed by atoms with Crippen LogP contribution in [0, 0.1) is 5.92 Å². The third kappa shape index (κ3) is 2.99. The van der Waals surface area contributed by atoms with Crippen molar-refractivity contribution >= 4 is 27.5 Å². The number of anilines is 1. The summed E-state index contributed by atoms with van der Waals surface area (Å²) in [5.74, 6) is 0.589. The number of nitrogens with two attached hydrogens (primary N) is 1. The highest BCUT2D eigenvalue weighted by Crippen LogP contribution is 2.50. The summed E-state index contributed by atoms with van der Waals surface area (Å²) >= 11 is 1.73. The van der Waals surface area contributed by atoms with Crippen molar-refractivity contribution in [2.24, 2.45) is 11.1 Å². The fourth-order valence-electron chi connectivity index (χ4n) is 3.89. The number of hydrogen-bond donors (Lipinski definition) is 2. The molecule has 6 heteroatoms. The van der Waals surface area contributed by atoms with Crippen molar-refractivity contribution in [2.45, 2.75) is 28.2 Å². The van der Waals surface area contributed by atoms with Crippen molar-refractivity contribution in [1.82, 2.24) is 0 Å². The normalized spacial score (nSPS) is 24.5. The Morgan fingerprint density at radius 1 is 1.16 bits per heavy atom. The molecule has 2 aromatic carbocycles. The fourth-order valence-corrected chi connectivity index (χ4v) is 4.85. The lowest BCUT2D eigenvalue weighted by Crippen LogP contribution is -2.29. The van der Waals surface area contributed by atoms with E-state index in [9.17, 15) is 8.42 Å². The van der Waals surface area contributed by atoms with Gasteiger partial charge in [-0.2, -0.15) is 0 Å². The summed E-state index contributed by atoms with van der Waals surface area (Å²) in [5.41, 5.74) is 3.26. The molecule has 4 nitrogen and oxygen atoms in total. The van der Waals surface area contributed by atoms with E-state index in [1.807, 2.05) is 6.07 Å². The Labute approximate surface area is 152 Å². The maximum Gasteiger partial charge on any atom is 0.238 e. The number of nitrogens with one attached hydrogen (secondary N) is 1. The largest absolute Gasteiger partial charge is 0.378 e. The van der Waals surface area contributed by atoms with Crippen molar-refractivity contribution in [3.8, 4) is 0 Å². The van der Waals surface area contributed by atoms with E-state index in [0.717, 1.165) is 17.7 Å². The molecule has 0 bridgehead atoms. The lowest BCUT2D eigenvalue weighted by molar-refractivity contribution is 0.425. The van der Waals surface area contributed by atoms with Gasteiger partial charge in [-0.25, -0.2) is 13.6 Å². The highest BCUT2D eigenvalue weighted by molar-refractivity contribution is 7.98. The minimum Gasteiger partial charge on any atom is -0.378 e. The number of allylic oxidation sites excluding steroid dienone is 2. The Bertz CT molecular complexity index is 936. The van der Waals surface area contributed by atoms with Gasteiger partial charge in [0.25, 0.3) is 0 Å². The standard InChI is InChI=1S/C19H20N2O2S2/c1-24-13-7-5-12(6-8-13)19-16-4-2-3-15(16)17-11-14(25(20,22)23)9-10-18(17)21-19/h2-3,5-11,15-16,19,21H,4H2,1H3,(H2,20,22,23). The summed E-state index contributed by atoms with van der Waals surface area (Å²) in [6, 6.07) is 14.0. The van der Waals surface area contributed by atoms with Crippen LogP contribution in [-0.2, 0) is 10.0 Å². The van der Waals surface area contributed by atoms with Crippen LogP contribution < -0.4 is 10.5 Å². The summed E-state index contributed by atoms with van der Waals surface area (Å²) in [7, 11) is -3.69. The van der Waals surface area contributed by atoms with Gasteiger partial charge in [0.05, 0.1) is 10.9 Å². The molecule has 3 unspecified atom stereocenters. The Morgan fingerprint density at radius 2 is 1.92 bits per heavy atom. The zero-order chi connectivity index (χ0) is 17.6. The number of primary sulfonamides is 1. The van der Waals surface area contributed by atoms with Gasteiger partial charge in [-0.3, -0.25) is 0 Å². The number of sulfonamides is 1. The summed E-state index contributed by atoms with van der Waals surface area (Å²) in [4.78, 5) is 1.42. The van der Waals surface area contributed by atoms with Gasteiger partial charge in [0.2, 0.25) is 10.0 Å². The minimum absolute atomic E-state index is 0.176. The lowest BCUT2D eigenvalue weighted by atomic mass is 9.77. The summed E-state index contributed by atoms with van der Waals surface area (Å²) < 4.78 is 23.4. The second kappa shape index (κ2) is 6.20. The molecule has 0 amide bonds.